The minimum Gasteiger partial charge on any atom is -0.383 e. The van der Waals surface area contributed by atoms with Gasteiger partial charge in [0.2, 0.25) is 5.13 Å². The van der Waals surface area contributed by atoms with E-state index < -0.39 is 0 Å². The topological polar surface area (TPSA) is 66.5 Å². The van der Waals surface area contributed by atoms with E-state index in [1.54, 1.807) is 11.6 Å². The van der Waals surface area contributed by atoms with Gasteiger partial charge in [0.05, 0.1) is 6.21 Å². The van der Waals surface area contributed by atoms with Crippen molar-refractivity contribution in [2.24, 2.45) is 11.0 Å². The van der Waals surface area contributed by atoms with Gasteiger partial charge in [0.25, 0.3) is 0 Å². The molecule has 0 radical (unpaired) electrons. The highest BCUT2D eigenvalue weighted by atomic mass is 32.1. The maximum Gasteiger partial charge on any atom is 0.205 e. The number of hydrogen-bond acceptors (Lipinski definition) is 6. The van der Waals surface area contributed by atoms with Crippen molar-refractivity contribution in [1.82, 2.24) is 9.88 Å². The van der Waals surface area contributed by atoms with Crippen molar-refractivity contribution >= 4 is 28.5 Å². The monoisotopic (exact) mass is 329 g/mol. The largest absolute Gasteiger partial charge is 0.383 e. The molecule has 0 amide bonds. The molecule has 1 atom stereocenters. The lowest BCUT2D eigenvalue weighted by atomic mass is 10.00. The fraction of sp³-hybridized carbons (Fsp3) is 0.412. The van der Waals surface area contributed by atoms with Crippen molar-refractivity contribution in [1.29, 1.82) is 0 Å². The van der Waals surface area contributed by atoms with E-state index in [2.05, 4.69) is 51.6 Å². The lowest BCUT2D eigenvalue weighted by molar-refractivity contribution is 0.176. The molecule has 122 valence electrons. The summed E-state index contributed by atoms with van der Waals surface area (Å²) in [6, 6.07) is 8.57. The Labute approximate surface area is 141 Å². The molecule has 0 aliphatic carbocycles. The van der Waals surface area contributed by atoms with Gasteiger partial charge in [0.1, 0.15) is 5.82 Å². The summed E-state index contributed by atoms with van der Waals surface area (Å²) in [5, 5.41) is 6.68. The highest BCUT2D eigenvalue weighted by Gasteiger charge is 2.15. The van der Waals surface area contributed by atoms with Crippen molar-refractivity contribution < 1.29 is 0 Å². The smallest absolute Gasteiger partial charge is 0.205 e. The second-order valence-electron chi connectivity index (χ2n) is 6.17. The predicted octanol–water partition coefficient (Wildman–Crippen LogP) is 3.40. The van der Waals surface area contributed by atoms with E-state index in [0.717, 1.165) is 18.0 Å². The van der Waals surface area contributed by atoms with Crippen LogP contribution in [0.3, 0.4) is 0 Å². The van der Waals surface area contributed by atoms with E-state index in [4.69, 9.17) is 5.73 Å². The zero-order valence-corrected chi connectivity index (χ0v) is 14.2. The number of hydrazone groups is 1. The van der Waals surface area contributed by atoms with Gasteiger partial charge in [-0.15, -0.1) is 11.3 Å². The van der Waals surface area contributed by atoms with Crippen molar-refractivity contribution in [3.8, 4) is 0 Å². The standard InChI is InChI=1S/C17H23N5S/c1-13-3-2-8-22(10-13)11-15-6-4-14(5-7-15)9-19-21-17-20-16(18)12-23-17/h4-7,9,12-13H,2-3,8,10-11,18H2,1H3,(H,20,21). The number of nitrogens with one attached hydrogen (secondary N) is 1. The van der Waals surface area contributed by atoms with Gasteiger partial charge in [0, 0.05) is 18.5 Å². The number of hydrogen-bond donors (Lipinski definition) is 2. The number of likely N-dealkylation sites (tertiary alicyclic amines) is 1. The van der Waals surface area contributed by atoms with Crippen molar-refractivity contribution in [3.05, 3.63) is 40.8 Å². The van der Waals surface area contributed by atoms with Crippen LogP contribution in [0.1, 0.15) is 30.9 Å². The third kappa shape index (κ3) is 4.77. The molecule has 1 unspecified atom stereocenters. The van der Waals surface area contributed by atoms with Crippen molar-refractivity contribution in [2.45, 2.75) is 26.3 Å². The Balaban J connectivity index is 1.52. The van der Waals surface area contributed by atoms with Crippen LogP contribution in [-0.2, 0) is 6.54 Å². The lowest BCUT2D eigenvalue weighted by Gasteiger charge is -2.30. The number of anilines is 2. The third-order valence-corrected chi connectivity index (χ3v) is 4.79. The third-order valence-electron chi connectivity index (χ3n) is 4.02. The Morgan fingerprint density at radius 3 is 2.96 bits per heavy atom. The number of nitrogen functional groups attached to an aromatic ring is 1. The maximum absolute atomic E-state index is 5.57. The summed E-state index contributed by atoms with van der Waals surface area (Å²) in [7, 11) is 0. The van der Waals surface area contributed by atoms with Crippen LogP contribution in [0.4, 0.5) is 10.9 Å². The fourth-order valence-corrected chi connectivity index (χ4v) is 3.45. The summed E-state index contributed by atoms with van der Waals surface area (Å²) >= 11 is 1.44. The first-order chi connectivity index (χ1) is 11.2. The van der Waals surface area contributed by atoms with Crippen LogP contribution in [0.5, 0.6) is 0 Å². The van der Waals surface area contributed by atoms with E-state index >= 15 is 0 Å². The average Bonchev–Trinajstić information content (AvgIpc) is 2.95. The number of thiazole rings is 1. The molecule has 23 heavy (non-hydrogen) atoms. The molecule has 0 saturated carbocycles. The van der Waals surface area contributed by atoms with Crippen LogP contribution in [-0.4, -0.2) is 29.2 Å². The Morgan fingerprint density at radius 2 is 2.26 bits per heavy atom. The molecule has 3 N–H and O–H groups in total. The molecule has 1 aliphatic rings. The highest BCUT2D eigenvalue weighted by molar-refractivity contribution is 7.14. The van der Waals surface area contributed by atoms with Gasteiger partial charge in [-0.2, -0.15) is 5.10 Å². The van der Waals surface area contributed by atoms with Gasteiger partial charge in [-0.1, -0.05) is 31.2 Å². The highest BCUT2D eigenvalue weighted by Crippen LogP contribution is 2.18. The minimum absolute atomic E-state index is 0.518. The first-order valence-electron chi connectivity index (χ1n) is 8.00. The number of piperidine rings is 1. The molecule has 1 saturated heterocycles. The predicted molar refractivity (Wildman–Crippen MR) is 97.9 cm³/mol. The first kappa shape index (κ1) is 16.0. The van der Waals surface area contributed by atoms with E-state index in [1.807, 2.05) is 0 Å². The van der Waals surface area contributed by atoms with Gasteiger partial charge in [-0.25, -0.2) is 4.98 Å². The van der Waals surface area contributed by atoms with Crippen LogP contribution in [0.25, 0.3) is 0 Å². The Bertz CT molecular complexity index is 649. The molecular weight excluding hydrogens is 306 g/mol. The summed E-state index contributed by atoms with van der Waals surface area (Å²) in [6.07, 6.45) is 4.48. The number of nitrogens with zero attached hydrogens (tertiary/aromatic N) is 3. The minimum atomic E-state index is 0.518. The van der Waals surface area contributed by atoms with Crippen LogP contribution in [0.15, 0.2) is 34.7 Å². The Kier molecular flexibility index (Phi) is 5.25. The zero-order valence-electron chi connectivity index (χ0n) is 13.4. The van der Waals surface area contributed by atoms with Gasteiger partial charge in [-0.05, 0) is 36.4 Å². The normalized spacial score (nSPS) is 19.3. The van der Waals surface area contributed by atoms with Crippen LogP contribution in [0.2, 0.25) is 0 Å². The molecule has 2 aromatic rings. The molecule has 0 bridgehead atoms. The van der Waals surface area contributed by atoms with Crippen molar-refractivity contribution in [3.63, 3.8) is 0 Å². The zero-order chi connectivity index (χ0) is 16.1. The second-order valence-corrected chi connectivity index (χ2v) is 7.03. The van der Waals surface area contributed by atoms with E-state index in [-0.39, 0.29) is 0 Å². The Morgan fingerprint density at radius 1 is 1.43 bits per heavy atom. The van der Waals surface area contributed by atoms with Gasteiger partial charge in [-0.3, -0.25) is 10.3 Å². The van der Waals surface area contributed by atoms with Crippen LogP contribution >= 0.6 is 11.3 Å². The quantitative estimate of drug-likeness (QED) is 0.652. The first-order valence-corrected chi connectivity index (χ1v) is 8.88. The molecule has 1 aromatic carbocycles. The summed E-state index contributed by atoms with van der Waals surface area (Å²) in [6.45, 7) is 5.81. The van der Waals surface area contributed by atoms with Gasteiger partial charge in [0.15, 0.2) is 0 Å². The number of nitrogens with two attached hydrogens (primary N) is 1. The van der Waals surface area contributed by atoms with Crippen molar-refractivity contribution in [2.75, 3.05) is 24.2 Å². The number of rotatable bonds is 5. The molecule has 1 fully saturated rings. The molecule has 0 spiro atoms. The molecule has 3 rings (SSSR count). The second kappa shape index (κ2) is 7.57. The summed E-state index contributed by atoms with van der Waals surface area (Å²) in [4.78, 5) is 6.64. The molecule has 1 aromatic heterocycles. The van der Waals surface area contributed by atoms with E-state index in [9.17, 15) is 0 Å². The maximum atomic E-state index is 5.57. The van der Waals surface area contributed by atoms with Gasteiger partial charge < -0.3 is 5.73 Å². The molecule has 6 heteroatoms. The summed E-state index contributed by atoms with van der Waals surface area (Å²) in [5.74, 6) is 1.34. The molecule has 5 nitrogen and oxygen atoms in total. The average molecular weight is 329 g/mol. The summed E-state index contributed by atoms with van der Waals surface area (Å²) < 4.78 is 0. The van der Waals surface area contributed by atoms with E-state index in [1.165, 1.54) is 42.8 Å². The van der Waals surface area contributed by atoms with Gasteiger partial charge >= 0.3 is 0 Å². The lowest BCUT2D eigenvalue weighted by Crippen LogP contribution is -2.33. The van der Waals surface area contributed by atoms with E-state index in [0.29, 0.717) is 10.9 Å². The summed E-state index contributed by atoms with van der Waals surface area (Å²) in [5.41, 5.74) is 10.9. The van der Waals surface area contributed by atoms with Crippen LogP contribution < -0.4 is 11.2 Å². The number of aromatic nitrogens is 1. The van der Waals surface area contributed by atoms with Crippen LogP contribution in [0, 0.1) is 5.92 Å². The Hall–Kier alpha value is -1.92. The molecule has 2 heterocycles. The SMILES string of the molecule is CC1CCCN(Cc2ccc(C=NNc3nc(N)cs3)cc2)C1. The fourth-order valence-electron chi connectivity index (χ4n) is 2.90. The number of benzene rings is 1. The molecule has 1 aliphatic heterocycles. The molecular formula is C17H23N5S.